The molecule has 1 aliphatic heterocycles. The van der Waals surface area contributed by atoms with Crippen LogP contribution in [0.15, 0.2) is 10.9 Å². The Morgan fingerprint density at radius 2 is 1.74 bits per heavy atom. The van der Waals surface area contributed by atoms with Gasteiger partial charge in [-0.25, -0.2) is 0 Å². The molecule has 1 saturated carbocycles. The molecule has 0 bridgehead atoms. The van der Waals surface area contributed by atoms with E-state index >= 15 is 0 Å². The topological polar surface area (TPSA) is 61.8 Å². The molecule has 0 aromatic carbocycles. The van der Waals surface area contributed by atoms with Crippen molar-refractivity contribution in [1.82, 2.24) is 0 Å². The normalized spacial score (nSPS) is 27.6. The van der Waals surface area contributed by atoms with Crippen molar-refractivity contribution in [3.8, 4) is 0 Å². The molecule has 6 heteroatoms. The Kier molecular flexibility index (Phi) is 5.12. The average Bonchev–Trinajstić information content (AvgIpc) is 2.89. The van der Waals surface area contributed by atoms with Gasteiger partial charge in [-0.1, -0.05) is 25.7 Å². The van der Waals surface area contributed by atoms with Crippen LogP contribution in [-0.2, 0) is 23.1 Å². The van der Waals surface area contributed by atoms with Crippen molar-refractivity contribution in [2.75, 3.05) is 19.8 Å². The van der Waals surface area contributed by atoms with Gasteiger partial charge in [-0.05, 0) is 32.3 Å². The molecule has 0 amide bonds. The summed E-state index contributed by atoms with van der Waals surface area (Å²) in [6.07, 6.45) is 6.77. The highest BCUT2D eigenvalue weighted by Gasteiger charge is 2.55. The second kappa shape index (κ2) is 6.79. The summed E-state index contributed by atoms with van der Waals surface area (Å²) in [5.74, 6) is -0.00741. The molecule has 1 heterocycles. The van der Waals surface area contributed by atoms with Crippen LogP contribution >= 0.6 is 7.60 Å². The summed E-state index contributed by atoms with van der Waals surface area (Å²) in [4.78, 5) is 12.7. The minimum absolute atomic E-state index is 0.0600. The lowest BCUT2D eigenvalue weighted by molar-refractivity contribution is -0.115. The molecule has 1 saturated heterocycles. The zero-order valence-electron chi connectivity index (χ0n) is 14.1. The third kappa shape index (κ3) is 2.97. The van der Waals surface area contributed by atoms with Crippen molar-refractivity contribution in [3.05, 3.63) is 10.9 Å². The minimum atomic E-state index is -3.55. The van der Waals surface area contributed by atoms with Crippen LogP contribution in [0.3, 0.4) is 0 Å². The largest absolute Gasteiger partial charge is 0.370 e. The van der Waals surface area contributed by atoms with Crippen LogP contribution in [0, 0.1) is 5.92 Å². The van der Waals surface area contributed by atoms with Gasteiger partial charge in [-0.15, -0.1) is 0 Å². The van der Waals surface area contributed by atoms with Gasteiger partial charge in [0.25, 0.3) is 0 Å². The number of rotatable bonds is 5. The zero-order valence-corrected chi connectivity index (χ0v) is 15.0. The number of Topliss-reactive ketones (excluding diaryl/α,β-unsaturated/α-hetero) is 1. The highest BCUT2D eigenvalue weighted by Crippen LogP contribution is 2.64. The summed E-state index contributed by atoms with van der Waals surface area (Å²) in [7, 11) is -3.55. The monoisotopic (exact) mass is 342 g/mol. The van der Waals surface area contributed by atoms with Crippen LogP contribution in [0.1, 0.15) is 58.8 Å². The van der Waals surface area contributed by atoms with E-state index in [4.69, 9.17) is 13.8 Å². The fraction of sp³-hybridized carbons (Fsp3) is 0.824. The number of hydrogen-bond donors (Lipinski definition) is 0. The molecule has 2 aliphatic carbocycles. The van der Waals surface area contributed by atoms with Crippen LogP contribution in [0.5, 0.6) is 0 Å². The molecule has 23 heavy (non-hydrogen) atoms. The smallest absolute Gasteiger partial charge is 0.364 e. The molecule has 0 aromatic rings. The quantitative estimate of drug-likeness (QED) is 0.700. The summed E-state index contributed by atoms with van der Waals surface area (Å²) in [6.45, 7) is 4.64. The van der Waals surface area contributed by atoms with E-state index in [0.717, 1.165) is 31.3 Å². The molecule has 1 atom stereocenters. The molecule has 5 nitrogen and oxygen atoms in total. The maximum Gasteiger partial charge on any atom is 0.364 e. The Morgan fingerprint density at radius 3 is 2.30 bits per heavy atom. The second-order valence-electron chi connectivity index (χ2n) is 6.64. The van der Waals surface area contributed by atoms with Gasteiger partial charge in [0.2, 0.25) is 0 Å². The van der Waals surface area contributed by atoms with Crippen molar-refractivity contribution < 1.29 is 23.1 Å². The van der Waals surface area contributed by atoms with Crippen molar-refractivity contribution in [3.63, 3.8) is 0 Å². The Balaban J connectivity index is 2.08. The molecule has 0 aromatic heterocycles. The number of carbonyl (C=O) groups excluding carboxylic acids is 1. The molecule has 0 radical (unpaired) electrons. The van der Waals surface area contributed by atoms with E-state index in [1.54, 1.807) is 13.8 Å². The maximum atomic E-state index is 13.3. The molecule has 0 N–H and O–H groups in total. The van der Waals surface area contributed by atoms with Crippen LogP contribution < -0.4 is 0 Å². The van der Waals surface area contributed by atoms with Gasteiger partial charge in [-0.3, -0.25) is 9.36 Å². The van der Waals surface area contributed by atoms with E-state index in [1.165, 1.54) is 12.8 Å². The highest BCUT2D eigenvalue weighted by molar-refractivity contribution is 7.60. The highest BCUT2D eigenvalue weighted by atomic mass is 31.2. The van der Waals surface area contributed by atoms with Crippen molar-refractivity contribution in [2.45, 2.75) is 64.4 Å². The van der Waals surface area contributed by atoms with Crippen LogP contribution in [-0.4, -0.2) is 31.2 Å². The lowest BCUT2D eigenvalue weighted by Gasteiger charge is -2.31. The van der Waals surface area contributed by atoms with E-state index < -0.39 is 13.2 Å². The van der Waals surface area contributed by atoms with Crippen molar-refractivity contribution in [1.29, 1.82) is 0 Å². The number of ketones is 1. The van der Waals surface area contributed by atoms with E-state index in [-0.39, 0.29) is 24.9 Å². The van der Waals surface area contributed by atoms with Crippen molar-refractivity contribution in [2.24, 2.45) is 5.92 Å². The first-order valence-electron chi connectivity index (χ1n) is 8.88. The number of fused-ring (bicyclic) bond motifs is 2. The van der Waals surface area contributed by atoms with Gasteiger partial charge in [0.15, 0.2) is 5.78 Å². The fourth-order valence-electron chi connectivity index (χ4n) is 4.35. The number of hydrogen-bond acceptors (Lipinski definition) is 5. The molecule has 1 spiro atoms. The first kappa shape index (κ1) is 17.3. The summed E-state index contributed by atoms with van der Waals surface area (Å²) in [6, 6.07) is 0. The predicted molar refractivity (Wildman–Crippen MR) is 87.4 cm³/mol. The summed E-state index contributed by atoms with van der Waals surface area (Å²) >= 11 is 0. The lowest BCUT2D eigenvalue weighted by Crippen LogP contribution is -2.30. The van der Waals surface area contributed by atoms with E-state index in [1.807, 2.05) is 0 Å². The Hall–Kier alpha value is -0.480. The van der Waals surface area contributed by atoms with Gasteiger partial charge in [0.1, 0.15) is 5.31 Å². The molecular formula is C17H27O5P. The fourth-order valence-corrected chi connectivity index (χ4v) is 6.44. The standard InChI is InChI=1S/C17H27O5P/c1-3-21-23(19,22-4-2)16-14(18)11-13-12-20-17(15(13)16)9-7-5-6-8-10-17/h13H,3-12H2,1-2H3. The maximum absolute atomic E-state index is 13.3. The first-order chi connectivity index (χ1) is 11.1. The number of carbonyl (C=O) groups is 1. The molecule has 3 rings (SSSR count). The number of ether oxygens (including phenoxy) is 1. The minimum Gasteiger partial charge on any atom is -0.370 e. The zero-order chi connectivity index (χ0) is 16.5. The van der Waals surface area contributed by atoms with Gasteiger partial charge in [-0.2, -0.15) is 0 Å². The summed E-state index contributed by atoms with van der Waals surface area (Å²) < 4.78 is 30.5. The van der Waals surface area contributed by atoms with Crippen molar-refractivity contribution >= 4 is 13.4 Å². The first-order valence-corrected chi connectivity index (χ1v) is 10.4. The van der Waals surface area contributed by atoms with Gasteiger partial charge in [0.05, 0.1) is 25.4 Å². The van der Waals surface area contributed by atoms with Gasteiger partial charge >= 0.3 is 7.60 Å². The molecule has 130 valence electrons. The predicted octanol–water partition coefficient (Wildman–Crippen LogP) is 4.22. The Bertz CT molecular complexity index is 535. The molecule has 1 unspecified atom stereocenters. The summed E-state index contributed by atoms with van der Waals surface area (Å²) in [5, 5.41) is 0.325. The summed E-state index contributed by atoms with van der Waals surface area (Å²) in [5.41, 5.74) is 0.543. The Labute approximate surface area is 138 Å². The molecular weight excluding hydrogens is 315 g/mol. The van der Waals surface area contributed by atoms with E-state index in [2.05, 4.69) is 0 Å². The SMILES string of the molecule is CCOP(=O)(OCC)C1=C2C(COC23CCCCCC3)CC1=O. The third-order valence-electron chi connectivity index (χ3n) is 5.19. The molecule has 2 fully saturated rings. The van der Waals surface area contributed by atoms with Crippen LogP contribution in [0.25, 0.3) is 0 Å². The van der Waals surface area contributed by atoms with Crippen LogP contribution in [0.4, 0.5) is 0 Å². The van der Waals surface area contributed by atoms with E-state index in [0.29, 0.717) is 18.3 Å². The molecule has 3 aliphatic rings. The van der Waals surface area contributed by atoms with Gasteiger partial charge in [0, 0.05) is 12.3 Å². The second-order valence-corrected chi connectivity index (χ2v) is 8.60. The average molecular weight is 342 g/mol. The number of allylic oxidation sites excluding steroid dienone is 1. The Morgan fingerprint density at radius 1 is 1.13 bits per heavy atom. The van der Waals surface area contributed by atoms with E-state index in [9.17, 15) is 9.36 Å². The lowest BCUT2D eigenvalue weighted by atomic mass is 9.84. The van der Waals surface area contributed by atoms with Gasteiger partial charge < -0.3 is 13.8 Å². The van der Waals surface area contributed by atoms with Crippen LogP contribution in [0.2, 0.25) is 0 Å². The third-order valence-corrected chi connectivity index (χ3v) is 7.43.